The summed E-state index contributed by atoms with van der Waals surface area (Å²) in [6, 6.07) is 5.75. The maximum absolute atomic E-state index is 16.4. The van der Waals surface area contributed by atoms with Crippen molar-refractivity contribution in [2.75, 3.05) is 65.0 Å². The molecule has 0 spiro atoms. The molecule has 21 N–H and O–H groups in total. The summed E-state index contributed by atoms with van der Waals surface area (Å²) in [5, 5.41) is 131. The molecule has 1 unspecified atom stereocenters. The van der Waals surface area contributed by atoms with E-state index >= 15 is 24.0 Å². The van der Waals surface area contributed by atoms with Gasteiger partial charge in [-0.1, -0.05) is 66.8 Å². The second-order valence-electron chi connectivity index (χ2n) is 32.7. The first kappa shape index (κ1) is 96.1. The van der Waals surface area contributed by atoms with E-state index in [-0.39, 0.29) is 78.8 Å². The lowest BCUT2D eigenvalue weighted by Gasteiger charge is -2.48. The molecular weight excluding hydrogens is 1770 g/mol. The third-order valence-corrected chi connectivity index (χ3v) is 23.6. The summed E-state index contributed by atoms with van der Waals surface area (Å²) in [6.07, 6.45) is -18.2. The number of morpholine rings is 1. The number of carbonyl (C=O) groups is 9. The minimum atomic E-state index is -2.40. The maximum Gasteiger partial charge on any atom is 0.349 e. The van der Waals surface area contributed by atoms with Crippen molar-refractivity contribution in [1.29, 1.82) is 0 Å². The maximum atomic E-state index is 16.4. The number of likely N-dealkylation sites (N-methyl/N-ethyl adjacent to an activating group) is 1. The van der Waals surface area contributed by atoms with Crippen LogP contribution >= 0.6 is 34.8 Å². The van der Waals surface area contributed by atoms with Crippen molar-refractivity contribution in [1.82, 2.24) is 62.5 Å². The molecule has 41 nitrogen and oxygen atoms in total. The van der Waals surface area contributed by atoms with Crippen LogP contribution in [-0.2, 0) is 68.7 Å². The first-order valence-corrected chi connectivity index (χ1v) is 42.6. The Bertz CT molecular complexity index is 5500. The molecule has 0 saturated carbocycles. The van der Waals surface area contributed by atoms with Crippen LogP contribution in [0.2, 0.25) is 15.1 Å². The van der Waals surface area contributed by atoms with E-state index in [0.29, 0.717) is 36.9 Å². The third-order valence-electron chi connectivity index (χ3n) is 22.8. The number of benzene rings is 6. The molecular formula is C86H99Cl3N14O27. The van der Waals surface area contributed by atoms with Crippen molar-refractivity contribution in [3.8, 4) is 57.1 Å². The van der Waals surface area contributed by atoms with Crippen molar-refractivity contribution >= 4 is 93.8 Å². The third kappa shape index (κ3) is 22.1. The normalized spacial score (nSPS) is 26.3. The Morgan fingerprint density at radius 1 is 0.715 bits per heavy atom. The molecule has 9 heterocycles. The summed E-state index contributed by atoms with van der Waals surface area (Å²) in [5.41, 5.74) is 4.22. The average Bonchev–Trinajstić information content (AvgIpc) is 0.755. The fourth-order valence-corrected chi connectivity index (χ4v) is 16.8. The zero-order valence-corrected chi connectivity index (χ0v) is 73.0. The van der Waals surface area contributed by atoms with Crippen LogP contribution in [0.25, 0.3) is 11.1 Å². The SMILES string of the molecule is CN[C@H](CC(C)C)C(=O)N[C@H]1C(=O)N[C@@H](CC(N)=O)C(=O)NC2C(=O)N[C@H]3C(=O)N[C@H](C(=O)N[C@@H](C(=O)NOCCN4CCOCC4)c4cc(O)cc(O)c4-c4cc3ccc4O)[C@H](O)c3ccc(c(Cl)c3)Oc3cc2cc(c3O[C@@H]2O[C@H](CO)[C@@H](O)[C@H](O)[C@H]2O[C@H]2C[C@](C)(NCCn3ccc(NC(=O)c4cc(C)cc(Cl)c4)nc3=O)[C@H](O)[C@H](C)O2)Oc2ccc(cc2Cl)[C@H]1O. The number of fused-ring (bicyclic) bond motifs is 15. The molecule has 130 heavy (non-hydrogen) atoms. The zero-order chi connectivity index (χ0) is 93.6. The lowest BCUT2D eigenvalue weighted by atomic mass is 9.85. The van der Waals surface area contributed by atoms with Gasteiger partial charge >= 0.3 is 5.69 Å². The standard InChI is InChI=1S/C86H99Cl3N14O27/c1-37(2)23-51(91-6)77(115)99-67-69(109)41-8-11-55(49(88)28-41)126-57-30-43-31-58(73(57)130-84-74(72(112)71(111)59(36-104)128-84)129-62-35-86(5,75(113)39(4)125-62)92-14-16-103-15-13-61(95-85(103)122)94-76(114)44-24-38(3)25-45(87)26-44)127-56-12-9-42(29-50(56)89)70(110)68-82(120)98-66(83(121)101-124-22-19-102-17-20-123-21-18-102)48-32-46(105)33-54(107)63(48)47-27-40(7-10-53(47)106)64(79(117)100-68)97-80(118)65(43)96-78(116)52(34-60(90)108)93-81(67)119/h7-13,15,24-33,37,39,51-52,59,62,64-72,74-75,84,91-92,104-107,109-113H,14,16-23,34-36H2,1-6H3,(H2,90,108)(H,93,119)(H,96,116)(H,97,118)(H,98,120)(H,99,115)(H,100,117)(H,101,121)(H,94,95,114,122)/t39-,51+,52-,59+,62-,64+,65?,66+,67+,68-,69+,70+,71+,72-,74+,75+,84-,86-/m0/s1. The van der Waals surface area contributed by atoms with Crippen LogP contribution in [0.4, 0.5) is 5.82 Å². The number of amides is 9. The van der Waals surface area contributed by atoms with Crippen LogP contribution in [0.5, 0.6) is 46.0 Å². The van der Waals surface area contributed by atoms with Crippen molar-refractivity contribution in [2.24, 2.45) is 11.7 Å². The van der Waals surface area contributed by atoms with E-state index in [1.807, 2.05) is 18.7 Å². The number of nitrogens with one attached hydrogen (secondary N) is 10. The average molecular weight is 1870 g/mol. The number of hydroxylamine groups is 1. The second-order valence-corrected chi connectivity index (χ2v) is 34.0. The van der Waals surface area contributed by atoms with Crippen molar-refractivity contribution < 1.29 is 127 Å². The number of aliphatic hydroxyl groups is 6. The van der Waals surface area contributed by atoms with Crippen LogP contribution in [0, 0.1) is 12.8 Å². The Hall–Kier alpha value is -11.5. The van der Waals surface area contributed by atoms with Crippen molar-refractivity contribution in [3.63, 3.8) is 0 Å². The van der Waals surface area contributed by atoms with Gasteiger partial charge in [0.05, 0.1) is 61.1 Å². The summed E-state index contributed by atoms with van der Waals surface area (Å²) in [6.45, 7) is 9.41. The van der Waals surface area contributed by atoms with E-state index in [4.69, 9.17) is 78.5 Å². The Labute approximate surface area is 756 Å². The van der Waals surface area contributed by atoms with Crippen LogP contribution < -0.4 is 79.0 Å². The first-order chi connectivity index (χ1) is 61.8. The highest BCUT2D eigenvalue weighted by molar-refractivity contribution is 6.32. The quantitative estimate of drug-likeness (QED) is 0.0319. The van der Waals surface area contributed by atoms with E-state index in [0.717, 1.165) is 60.7 Å². The van der Waals surface area contributed by atoms with Gasteiger partial charge in [-0.2, -0.15) is 4.98 Å². The molecule has 8 aliphatic rings. The number of aryl methyl sites for hydroxylation is 1. The number of hydrogen-bond donors (Lipinski definition) is 20. The molecule has 8 aliphatic heterocycles. The number of phenols is 3. The van der Waals surface area contributed by atoms with Gasteiger partial charge in [0.2, 0.25) is 53.4 Å². The molecule has 1 aromatic heterocycles. The molecule has 0 radical (unpaired) electrons. The van der Waals surface area contributed by atoms with Gasteiger partial charge in [0.15, 0.2) is 23.9 Å². The zero-order valence-electron chi connectivity index (χ0n) is 70.7. The van der Waals surface area contributed by atoms with Crippen molar-refractivity contribution in [2.45, 2.75) is 170 Å². The smallest absolute Gasteiger partial charge is 0.349 e. The molecule has 6 aromatic carbocycles. The van der Waals surface area contributed by atoms with Gasteiger partial charge in [-0.15, -0.1) is 0 Å². The summed E-state index contributed by atoms with van der Waals surface area (Å²) >= 11 is 20.6. The fraction of sp³-hybridized carbons (Fsp3) is 0.430. The van der Waals surface area contributed by atoms with E-state index in [2.05, 4.69) is 58.3 Å². The number of carbonyl (C=O) groups excluding carboxylic acids is 9. The van der Waals surface area contributed by atoms with Gasteiger partial charge in [-0.3, -0.25) is 57.5 Å². The summed E-state index contributed by atoms with van der Waals surface area (Å²) in [7, 11) is 1.47. The minimum Gasteiger partial charge on any atom is -0.508 e. The highest BCUT2D eigenvalue weighted by Crippen LogP contribution is 2.50. The monoisotopic (exact) mass is 1860 g/mol. The molecule has 0 aliphatic carbocycles. The Morgan fingerprint density at radius 2 is 1.38 bits per heavy atom. The largest absolute Gasteiger partial charge is 0.508 e. The number of aromatic nitrogens is 2. The van der Waals surface area contributed by atoms with Crippen molar-refractivity contribution in [3.05, 3.63) is 174 Å². The molecule has 3 fully saturated rings. The number of halogens is 3. The molecule has 9 amide bonds. The first-order valence-electron chi connectivity index (χ1n) is 41.4. The van der Waals surface area contributed by atoms with E-state index in [1.54, 1.807) is 26.0 Å². The molecule has 11 bridgehead atoms. The van der Waals surface area contributed by atoms with Crippen LogP contribution in [0.15, 0.2) is 114 Å². The number of aliphatic hydroxyl groups excluding tert-OH is 6. The molecule has 696 valence electrons. The van der Waals surface area contributed by atoms with Gasteiger partial charge in [0.1, 0.15) is 101 Å². The number of hydrogen-bond acceptors (Lipinski definition) is 31. The number of nitrogens with zero attached hydrogens (tertiary/aromatic N) is 3. The van der Waals surface area contributed by atoms with E-state index < -0.39 is 254 Å². The van der Waals surface area contributed by atoms with Crippen LogP contribution in [0.3, 0.4) is 0 Å². The lowest BCUT2D eigenvalue weighted by Crippen LogP contribution is -2.65. The van der Waals surface area contributed by atoms with Gasteiger partial charge in [-0.05, 0) is 152 Å². The van der Waals surface area contributed by atoms with Gasteiger partial charge in [-0.25, -0.2) is 10.3 Å². The molecule has 15 rings (SSSR count). The Kier molecular flexibility index (Phi) is 30.6. The molecule has 7 aromatic rings. The van der Waals surface area contributed by atoms with Gasteiger partial charge in [0.25, 0.3) is 11.8 Å². The Balaban J connectivity index is 0.941. The summed E-state index contributed by atoms with van der Waals surface area (Å²) in [4.78, 5) is 159. The summed E-state index contributed by atoms with van der Waals surface area (Å²) < 4.78 is 46.2. The molecule has 3 saturated heterocycles. The number of anilines is 1. The minimum absolute atomic E-state index is 0.0373. The van der Waals surface area contributed by atoms with Gasteiger partial charge < -0.3 is 133 Å². The van der Waals surface area contributed by atoms with Gasteiger partial charge in [0, 0.05) is 78.7 Å². The predicted molar refractivity (Wildman–Crippen MR) is 459 cm³/mol. The van der Waals surface area contributed by atoms with E-state index in [1.165, 1.54) is 55.1 Å². The predicted octanol–water partition coefficient (Wildman–Crippen LogP) is 1.50. The number of primary amides is 1. The fourth-order valence-electron chi connectivity index (χ4n) is 16.0. The second kappa shape index (κ2) is 41.3. The van der Waals surface area contributed by atoms with Crippen LogP contribution in [-0.4, -0.2) is 252 Å². The van der Waals surface area contributed by atoms with Crippen LogP contribution in [0.1, 0.15) is 121 Å². The molecule has 18 atom stereocenters. The topological polar surface area (TPSA) is 594 Å². The number of rotatable bonds is 23. The number of aromatic hydroxyl groups is 3. The lowest BCUT2D eigenvalue weighted by molar-refractivity contribution is -0.334. The molecule has 44 heteroatoms. The van der Waals surface area contributed by atoms with E-state index in [9.17, 15) is 69.9 Å². The highest BCUT2D eigenvalue weighted by atomic mass is 35.5. The number of phenolic OH excluding ortho intramolecular Hbond substituents is 3. The summed E-state index contributed by atoms with van der Waals surface area (Å²) in [5.74, 6) is -16.1. The Morgan fingerprint density at radius 3 is 2.02 bits per heavy atom. The number of nitrogens with two attached hydrogens (primary N) is 1. The number of ether oxygens (including phenoxy) is 7. The highest BCUT2D eigenvalue weighted by Gasteiger charge is 2.52.